The fourth-order valence-electron chi connectivity index (χ4n) is 4.29. The molecule has 0 bridgehead atoms. The highest BCUT2D eigenvalue weighted by Gasteiger charge is 2.36. The maximum absolute atomic E-state index is 13.0. The Morgan fingerprint density at radius 1 is 1.07 bits per heavy atom. The molecule has 7 nitrogen and oxygen atoms in total. The van der Waals surface area contributed by atoms with Gasteiger partial charge in [0.25, 0.3) is 11.8 Å². The Hall–Kier alpha value is -3.22. The molecule has 0 spiro atoms. The van der Waals surface area contributed by atoms with Crippen molar-refractivity contribution in [2.24, 2.45) is 0 Å². The molecule has 4 rings (SSSR count). The van der Waals surface area contributed by atoms with Crippen molar-refractivity contribution in [1.82, 2.24) is 4.90 Å². The molecule has 7 heteroatoms. The summed E-state index contributed by atoms with van der Waals surface area (Å²) in [5.41, 5.74) is 2.50. The number of rotatable bonds is 4. The number of methoxy groups -OCH3 is 2. The zero-order chi connectivity index (χ0) is 21.3. The van der Waals surface area contributed by atoms with Crippen LogP contribution >= 0.6 is 0 Å². The zero-order valence-electron chi connectivity index (χ0n) is 17.6. The second-order valence-electron chi connectivity index (χ2n) is 7.69. The van der Waals surface area contributed by atoms with Crippen molar-refractivity contribution in [2.75, 3.05) is 38.0 Å². The van der Waals surface area contributed by atoms with Crippen molar-refractivity contribution >= 4 is 23.2 Å². The van der Waals surface area contributed by atoms with Gasteiger partial charge in [0.1, 0.15) is 17.7 Å². The number of ether oxygens (including phenoxy) is 2. The quantitative estimate of drug-likeness (QED) is 0.833. The molecule has 158 valence electrons. The van der Waals surface area contributed by atoms with Crippen LogP contribution in [-0.2, 0) is 0 Å². The molecule has 2 heterocycles. The van der Waals surface area contributed by atoms with Gasteiger partial charge in [-0.15, -0.1) is 0 Å². The van der Waals surface area contributed by atoms with Crippen LogP contribution in [0, 0.1) is 0 Å². The Bertz CT molecular complexity index is 975. The predicted octanol–water partition coefficient (Wildman–Crippen LogP) is 3.75. The first-order valence-corrected chi connectivity index (χ1v) is 10.2. The topological polar surface area (TPSA) is 71.1 Å². The Balaban J connectivity index is 1.62. The van der Waals surface area contributed by atoms with Crippen molar-refractivity contribution in [1.29, 1.82) is 0 Å². The van der Waals surface area contributed by atoms with E-state index in [1.54, 1.807) is 50.6 Å². The van der Waals surface area contributed by atoms with Crippen LogP contribution in [0.1, 0.15) is 46.4 Å². The fourth-order valence-corrected chi connectivity index (χ4v) is 4.29. The SMILES string of the molecule is COc1ccc(NC(=O)c2ccc3c(c2)N(C)[C@H]2CCCCCN2C3=O)c(OC)c1. The maximum Gasteiger partial charge on any atom is 0.257 e. The molecule has 2 aromatic rings. The van der Waals surface area contributed by atoms with Gasteiger partial charge in [0.15, 0.2) is 0 Å². The molecule has 1 saturated heterocycles. The summed E-state index contributed by atoms with van der Waals surface area (Å²) in [7, 11) is 5.12. The van der Waals surface area contributed by atoms with Gasteiger partial charge in [-0.2, -0.15) is 0 Å². The molecule has 0 unspecified atom stereocenters. The molecular formula is C23H27N3O4. The molecule has 0 saturated carbocycles. The van der Waals surface area contributed by atoms with E-state index < -0.39 is 0 Å². The number of carbonyl (C=O) groups is 2. The van der Waals surface area contributed by atoms with Crippen LogP contribution in [0.25, 0.3) is 0 Å². The molecule has 2 aromatic carbocycles. The monoisotopic (exact) mass is 409 g/mol. The van der Waals surface area contributed by atoms with Gasteiger partial charge in [0.2, 0.25) is 0 Å². The van der Waals surface area contributed by atoms with Crippen LogP contribution in [0.2, 0.25) is 0 Å². The van der Waals surface area contributed by atoms with Crippen LogP contribution in [0.3, 0.4) is 0 Å². The molecule has 0 aromatic heterocycles. The highest BCUT2D eigenvalue weighted by atomic mass is 16.5. The Morgan fingerprint density at radius 2 is 1.90 bits per heavy atom. The maximum atomic E-state index is 13.0. The van der Waals surface area contributed by atoms with E-state index in [9.17, 15) is 9.59 Å². The molecule has 1 fully saturated rings. The van der Waals surface area contributed by atoms with E-state index in [1.165, 1.54) is 0 Å². The Morgan fingerprint density at radius 3 is 2.67 bits per heavy atom. The van der Waals surface area contributed by atoms with E-state index >= 15 is 0 Å². The summed E-state index contributed by atoms with van der Waals surface area (Å²) in [6.45, 7) is 0.785. The lowest BCUT2D eigenvalue weighted by molar-refractivity contribution is 0.0661. The first-order valence-electron chi connectivity index (χ1n) is 10.2. The van der Waals surface area contributed by atoms with Crippen molar-refractivity contribution in [3.05, 3.63) is 47.5 Å². The first kappa shape index (κ1) is 20.1. The van der Waals surface area contributed by atoms with Gasteiger partial charge in [-0.05, 0) is 49.6 Å². The Labute approximate surface area is 176 Å². The molecule has 0 aliphatic carbocycles. The number of hydrogen-bond donors (Lipinski definition) is 1. The number of benzene rings is 2. The minimum absolute atomic E-state index is 0.0486. The highest BCUT2D eigenvalue weighted by Crippen LogP contribution is 2.35. The van der Waals surface area contributed by atoms with E-state index in [2.05, 4.69) is 10.2 Å². The number of anilines is 2. The average Bonchev–Trinajstić information content (AvgIpc) is 3.04. The largest absolute Gasteiger partial charge is 0.497 e. The van der Waals surface area contributed by atoms with Crippen LogP contribution in [0.4, 0.5) is 11.4 Å². The number of nitrogens with zero attached hydrogens (tertiary/aromatic N) is 2. The number of hydrogen-bond acceptors (Lipinski definition) is 5. The molecule has 2 aliphatic heterocycles. The number of carbonyl (C=O) groups excluding carboxylic acids is 2. The third-order valence-corrected chi connectivity index (χ3v) is 5.96. The fraction of sp³-hybridized carbons (Fsp3) is 0.391. The minimum Gasteiger partial charge on any atom is -0.497 e. The molecule has 1 atom stereocenters. The number of amides is 2. The van der Waals surface area contributed by atoms with E-state index in [4.69, 9.17) is 9.47 Å². The number of fused-ring (bicyclic) bond motifs is 2. The summed E-state index contributed by atoms with van der Waals surface area (Å²) in [5, 5.41) is 2.89. The van der Waals surface area contributed by atoms with Crippen molar-refractivity contribution < 1.29 is 19.1 Å². The van der Waals surface area contributed by atoms with Crippen molar-refractivity contribution in [3.8, 4) is 11.5 Å². The molecular weight excluding hydrogens is 382 g/mol. The smallest absolute Gasteiger partial charge is 0.257 e. The molecule has 30 heavy (non-hydrogen) atoms. The van der Waals surface area contributed by atoms with E-state index in [-0.39, 0.29) is 18.0 Å². The average molecular weight is 409 g/mol. The van der Waals surface area contributed by atoms with Crippen molar-refractivity contribution in [2.45, 2.75) is 31.8 Å². The summed E-state index contributed by atoms with van der Waals surface area (Å²) >= 11 is 0. The van der Waals surface area contributed by atoms with Gasteiger partial charge in [0.05, 0.1) is 31.2 Å². The van der Waals surface area contributed by atoms with Crippen LogP contribution in [0.5, 0.6) is 11.5 Å². The summed E-state index contributed by atoms with van der Waals surface area (Å²) in [6.07, 6.45) is 4.27. The van der Waals surface area contributed by atoms with Crippen molar-refractivity contribution in [3.63, 3.8) is 0 Å². The Kier molecular flexibility index (Phi) is 5.53. The highest BCUT2D eigenvalue weighted by molar-refractivity contribution is 6.08. The third-order valence-electron chi connectivity index (χ3n) is 5.96. The van der Waals surface area contributed by atoms with Crippen LogP contribution in [-0.4, -0.2) is 50.7 Å². The molecule has 1 N–H and O–H groups in total. The lowest BCUT2D eigenvalue weighted by Gasteiger charge is -2.43. The van der Waals surface area contributed by atoms with Gasteiger partial charge in [0, 0.05) is 25.2 Å². The predicted molar refractivity (Wildman–Crippen MR) is 116 cm³/mol. The van der Waals surface area contributed by atoms with E-state index in [1.807, 2.05) is 11.9 Å². The van der Waals surface area contributed by atoms with E-state index in [0.29, 0.717) is 28.3 Å². The molecule has 0 radical (unpaired) electrons. The number of nitrogens with one attached hydrogen (secondary N) is 1. The third kappa shape index (κ3) is 3.56. The summed E-state index contributed by atoms with van der Waals surface area (Å²) < 4.78 is 10.6. The molecule has 2 amide bonds. The summed E-state index contributed by atoms with van der Waals surface area (Å²) in [5.74, 6) is 0.956. The first-order chi connectivity index (χ1) is 14.5. The summed E-state index contributed by atoms with van der Waals surface area (Å²) in [4.78, 5) is 30.1. The normalized spacial score (nSPS) is 18.2. The lowest BCUT2D eigenvalue weighted by Crippen LogP contribution is -2.53. The second kappa shape index (κ2) is 8.26. The van der Waals surface area contributed by atoms with Gasteiger partial charge < -0.3 is 24.6 Å². The van der Waals surface area contributed by atoms with Crippen LogP contribution in [0.15, 0.2) is 36.4 Å². The zero-order valence-corrected chi connectivity index (χ0v) is 17.6. The van der Waals surface area contributed by atoms with Gasteiger partial charge in [-0.25, -0.2) is 0 Å². The second-order valence-corrected chi connectivity index (χ2v) is 7.69. The van der Waals surface area contributed by atoms with Crippen LogP contribution < -0.4 is 19.7 Å². The van der Waals surface area contributed by atoms with Gasteiger partial charge >= 0.3 is 0 Å². The summed E-state index contributed by atoms with van der Waals surface area (Å²) in [6, 6.07) is 10.5. The minimum atomic E-state index is -0.259. The molecule has 2 aliphatic rings. The van der Waals surface area contributed by atoms with Gasteiger partial charge in [-0.1, -0.05) is 6.42 Å². The standard InChI is InChI=1S/C23H27N3O4/c1-25-19-13-15(22(27)24-18-11-9-16(29-2)14-20(18)30-3)8-10-17(19)23(28)26-12-6-4-5-7-21(25)26/h8-11,13-14,21H,4-7,12H2,1-3H3,(H,24,27)/t21-/m1/s1. The van der Waals surface area contributed by atoms with Gasteiger partial charge in [-0.3, -0.25) is 9.59 Å². The lowest BCUT2D eigenvalue weighted by atomic mass is 10.0. The van der Waals surface area contributed by atoms with E-state index in [0.717, 1.165) is 37.9 Å².